The molecule has 1 N–H and O–H groups in total. The Bertz CT molecular complexity index is 1160. The summed E-state index contributed by atoms with van der Waals surface area (Å²) in [6, 6.07) is 22.6. The zero-order valence-corrected chi connectivity index (χ0v) is 21.0. The van der Waals surface area contributed by atoms with E-state index in [4.69, 9.17) is 9.47 Å². The molecule has 0 heterocycles. The molecule has 1 amide bonds. The first-order chi connectivity index (χ1) is 16.9. The first-order valence-electron chi connectivity index (χ1n) is 11.7. The lowest BCUT2D eigenvalue weighted by molar-refractivity contribution is -0.119. The van der Waals surface area contributed by atoms with Crippen LogP contribution in [0.4, 0.5) is 5.69 Å². The maximum absolute atomic E-state index is 13.4. The lowest BCUT2D eigenvalue weighted by atomic mass is 10.1. The number of hydrogen-bond donors (Lipinski definition) is 1. The lowest BCUT2D eigenvalue weighted by Gasteiger charge is -2.24. The molecule has 35 heavy (non-hydrogen) atoms. The highest BCUT2D eigenvalue weighted by atomic mass is 32.2. The van der Waals surface area contributed by atoms with Gasteiger partial charge >= 0.3 is 0 Å². The van der Waals surface area contributed by atoms with E-state index in [0.29, 0.717) is 18.0 Å². The summed E-state index contributed by atoms with van der Waals surface area (Å²) in [6.07, 6.45) is 2.10. The van der Waals surface area contributed by atoms with Crippen molar-refractivity contribution in [3.05, 3.63) is 84.4 Å². The van der Waals surface area contributed by atoms with Crippen LogP contribution < -0.4 is 19.1 Å². The minimum Gasteiger partial charge on any atom is -0.494 e. The summed E-state index contributed by atoms with van der Waals surface area (Å²) in [5.41, 5.74) is 1.62. The molecule has 0 aromatic heterocycles. The maximum atomic E-state index is 13.4. The molecule has 3 aromatic carbocycles. The Balaban J connectivity index is 1.64. The van der Waals surface area contributed by atoms with Crippen molar-refractivity contribution in [1.82, 2.24) is 5.32 Å². The van der Waals surface area contributed by atoms with Crippen LogP contribution in [0.1, 0.15) is 25.8 Å². The normalized spacial score (nSPS) is 11.0. The molecule has 8 heteroatoms. The predicted molar refractivity (Wildman–Crippen MR) is 138 cm³/mol. The van der Waals surface area contributed by atoms with E-state index < -0.39 is 15.9 Å². The van der Waals surface area contributed by atoms with E-state index in [9.17, 15) is 13.2 Å². The number of benzene rings is 3. The Labute approximate surface area is 207 Å². The van der Waals surface area contributed by atoms with Crippen molar-refractivity contribution in [2.45, 2.75) is 31.6 Å². The number of hydrogen-bond acceptors (Lipinski definition) is 5. The molecule has 0 aliphatic heterocycles. The van der Waals surface area contributed by atoms with E-state index in [-0.39, 0.29) is 24.6 Å². The van der Waals surface area contributed by atoms with Crippen LogP contribution in [-0.2, 0) is 21.2 Å². The Morgan fingerprint density at radius 3 is 2.11 bits per heavy atom. The Morgan fingerprint density at radius 1 is 0.857 bits per heavy atom. The topological polar surface area (TPSA) is 84.9 Å². The fourth-order valence-corrected chi connectivity index (χ4v) is 4.94. The molecule has 0 radical (unpaired) electrons. The van der Waals surface area contributed by atoms with Crippen molar-refractivity contribution in [3.63, 3.8) is 0 Å². The van der Waals surface area contributed by atoms with E-state index in [1.165, 1.54) is 17.7 Å². The molecule has 0 fully saturated rings. The molecule has 3 rings (SSSR count). The minimum atomic E-state index is -3.96. The summed E-state index contributed by atoms with van der Waals surface area (Å²) in [6.45, 7) is 4.66. The summed E-state index contributed by atoms with van der Waals surface area (Å²) in [5, 5.41) is 2.75. The third-order valence-electron chi connectivity index (χ3n) is 5.21. The zero-order valence-electron chi connectivity index (χ0n) is 20.1. The second-order valence-electron chi connectivity index (χ2n) is 7.84. The van der Waals surface area contributed by atoms with Gasteiger partial charge in [0.05, 0.1) is 23.7 Å². The first-order valence-corrected chi connectivity index (χ1v) is 13.2. The fraction of sp³-hybridized carbons (Fsp3) is 0.296. The number of amides is 1. The quantitative estimate of drug-likeness (QED) is 0.354. The number of nitrogens with one attached hydrogen (secondary N) is 1. The van der Waals surface area contributed by atoms with Crippen LogP contribution in [0.3, 0.4) is 0 Å². The fourth-order valence-electron chi connectivity index (χ4n) is 3.50. The monoisotopic (exact) mass is 496 g/mol. The molecular formula is C27H32N2O5S. The third-order valence-corrected chi connectivity index (χ3v) is 7.00. The van der Waals surface area contributed by atoms with Gasteiger partial charge in [-0.15, -0.1) is 0 Å². The Morgan fingerprint density at radius 2 is 1.49 bits per heavy atom. The number of nitrogens with zero attached hydrogens (tertiary/aromatic N) is 1. The molecule has 0 spiro atoms. The molecule has 0 aliphatic carbocycles. The van der Waals surface area contributed by atoms with Crippen LogP contribution >= 0.6 is 0 Å². The van der Waals surface area contributed by atoms with Crippen molar-refractivity contribution in [2.24, 2.45) is 0 Å². The van der Waals surface area contributed by atoms with Gasteiger partial charge < -0.3 is 14.8 Å². The van der Waals surface area contributed by atoms with Crippen molar-refractivity contribution in [3.8, 4) is 11.5 Å². The highest BCUT2D eigenvalue weighted by molar-refractivity contribution is 7.92. The molecule has 0 aliphatic rings. The van der Waals surface area contributed by atoms with Gasteiger partial charge in [0.1, 0.15) is 24.7 Å². The van der Waals surface area contributed by atoms with E-state index >= 15 is 0 Å². The highest BCUT2D eigenvalue weighted by Crippen LogP contribution is 2.25. The van der Waals surface area contributed by atoms with E-state index in [1.54, 1.807) is 42.5 Å². The molecule has 3 aromatic rings. The SMILES string of the molecule is CCCc1ccc(OCCNC(=O)CN(c2ccc(OCC)cc2)S(=O)(=O)c2ccccc2)cc1. The molecule has 0 saturated carbocycles. The summed E-state index contributed by atoms with van der Waals surface area (Å²) in [4.78, 5) is 12.8. The lowest BCUT2D eigenvalue weighted by Crippen LogP contribution is -2.41. The van der Waals surface area contributed by atoms with Crippen molar-refractivity contribution in [1.29, 1.82) is 0 Å². The van der Waals surface area contributed by atoms with Gasteiger partial charge in [0.15, 0.2) is 0 Å². The van der Waals surface area contributed by atoms with Crippen LogP contribution in [-0.4, -0.2) is 40.6 Å². The summed E-state index contributed by atoms with van der Waals surface area (Å²) >= 11 is 0. The minimum absolute atomic E-state index is 0.108. The molecule has 0 bridgehead atoms. The maximum Gasteiger partial charge on any atom is 0.264 e. The first kappa shape index (κ1) is 26.1. The Hall–Kier alpha value is -3.52. The molecule has 0 atom stereocenters. The van der Waals surface area contributed by atoms with E-state index in [1.807, 2.05) is 31.2 Å². The number of carbonyl (C=O) groups excluding carboxylic acids is 1. The summed E-state index contributed by atoms with van der Waals surface area (Å²) in [7, 11) is -3.96. The standard InChI is InChI=1S/C27H32N2O5S/c1-3-8-22-11-15-25(16-12-22)34-20-19-28-27(30)21-29(23-13-17-24(18-14-23)33-4-2)35(31,32)26-9-6-5-7-10-26/h5-7,9-18H,3-4,8,19-21H2,1-2H3,(H,28,30). The van der Waals surface area contributed by atoms with Crippen molar-refractivity contribution in [2.75, 3.05) is 30.6 Å². The smallest absolute Gasteiger partial charge is 0.264 e. The highest BCUT2D eigenvalue weighted by Gasteiger charge is 2.27. The average molecular weight is 497 g/mol. The van der Waals surface area contributed by atoms with Gasteiger partial charge in [-0.3, -0.25) is 9.10 Å². The Kier molecular flexibility index (Phi) is 9.55. The van der Waals surface area contributed by atoms with E-state index in [0.717, 1.165) is 22.9 Å². The van der Waals surface area contributed by atoms with Gasteiger partial charge in [-0.05, 0) is 67.4 Å². The number of ether oxygens (including phenoxy) is 2. The molecule has 186 valence electrons. The molecule has 0 saturated heterocycles. The number of anilines is 1. The van der Waals surface area contributed by atoms with Crippen LogP contribution in [0.5, 0.6) is 11.5 Å². The van der Waals surface area contributed by atoms with Gasteiger partial charge in [0.25, 0.3) is 10.0 Å². The summed E-state index contributed by atoms with van der Waals surface area (Å²) in [5.74, 6) is 0.916. The molecular weight excluding hydrogens is 464 g/mol. The van der Waals surface area contributed by atoms with Crippen LogP contribution in [0.15, 0.2) is 83.8 Å². The molecule has 7 nitrogen and oxygen atoms in total. The second-order valence-corrected chi connectivity index (χ2v) is 9.71. The summed E-state index contributed by atoms with van der Waals surface area (Å²) < 4.78 is 39.0. The average Bonchev–Trinajstić information content (AvgIpc) is 2.87. The van der Waals surface area contributed by atoms with Crippen LogP contribution in [0.25, 0.3) is 0 Å². The zero-order chi connectivity index (χ0) is 25.1. The van der Waals surface area contributed by atoms with Crippen LogP contribution in [0.2, 0.25) is 0 Å². The predicted octanol–water partition coefficient (Wildman–Crippen LogP) is 4.43. The second kappa shape index (κ2) is 12.8. The van der Waals surface area contributed by atoms with Gasteiger partial charge in [0.2, 0.25) is 5.91 Å². The van der Waals surface area contributed by atoms with Crippen LogP contribution in [0, 0.1) is 0 Å². The number of aryl methyl sites for hydroxylation is 1. The largest absolute Gasteiger partial charge is 0.494 e. The van der Waals surface area contributed by atoms with E-state index in [2.05, 4.69) is 12.2 Å². The number of rotatable bonds is 13. The van der Waals surface area contributed by atoms with Gasteiger partial charge in [-0.25, -0.2) is 8.42 Å². The number of carbonyl (C=O) groups is 1. The van der Waals surface area contributed by atoms with Gasteiger partial charge in [0, 0.05) is 0 Å². The van der Waals surface area contributed by atoms with Gasteiger partial charge in [-0.2, -0.15) is 0 Å². The number of sulfonamides is 1. The van der Waals surface area contributed by atoms with Crippen molar-refractivity contribution < 1.29 is 22.7 Å². The van der Waals surface area contributed by atoms with Crippen molar-refractivity contribution >= 4 is 21.6 Å². The van der Waals surface area contributed by atoms with Gasteiger partial charge in [-0.1, -0.05) is 43.7 Å². The third kappa shape index (κ3) is 7.48. The molecule has 0 unspecified atom stereocenters.